The molecule has 0 saturated carbocycles. The molecule has 6 nitrogen and oxygen atoms in total. The number of anilines is 1. The number of carbonyl (C=O) groups is 1. The van der Waals surface area contributed by atoms with Gasteiger partial charge < -0.3 is 5.11 Å². The molecule has 1 aromatic carbocycles. The lowest BCUT2D eigenvalue weighted by Crippen LogP contribution is -2.29. The molecule has 0 atom stereocenters. The van der Waals surface area contributed by atoms with Crippen LogP contribution in [0.25, 0.3) is 0 Å². The summed E-state index contributed by atoms with van der Waals surface area (Å²) in [5.41, 5.74) is 1.29. The molecule has 0 bridgehead atoms. The molecule has 0 amide bonds. The van der Waals surface area contributed by atoms with E-state index < -0.39 is 16.2 Å². The summed E-state index contributed by atoms with van der Waals surface area (Å²) in [6.45, 7) is 2.41. The zero-order chi connectivity index (χ0) is 12.6. The van der Waals surface area contributed by atoms with Gasteiger partial charge in [0, 0.05) is 13.1 Å². The Kier molecular flexibility index (Phi) is 2.80. The van der Waals surface area contributed by atoms with Crippen LogP contribution in [0.3, 0.4) is 0 Å². The summed E-state index contributed by atoms with van der Waals surface area (Å²) in [4.78, 5) is 10.8. The van der Waals surface area contributed by atoms with Crippen LogP contribution in [0.4, 0.5) is 5.69 Å². The molecule has 0 spiro atoms. The average Bonchev–Trinajstić information content (AvgIpc) is 2.58. The van der Waals surface area contributed by atoms with Gasteiger partial charge in [-0.15, -0.1) is 0 Å². The van der Waals surface area contributed by atoms with Crippen molar-refractivity contribution >= 4 is 21.9 Å². The Morgan fingerprint density at radius 1 is 1.47 bits per heavy atom. The van der Waals surface area contributed by atoms with Crippen molar-refractivity contribution in [3.8, 4) is 0 Å². The van der Waals surface area contributed by atoms with E-state index in [0.717, 1.165) is 0 Å². The average molecular weight is 256 g/mol. The molecule has 0 radical (unpaired) electrons. The number of aromatic carboxylic acids is 1. The summed E-state index contributed by atoms with van der Waals surface area (Å²) in [7, 11) is -3.46. The van der Waals surface area contributed by atoms with Gasteiger partial charge in [-0.2, -0.15) is 13.1 Å². The predicted molar refractivity (Wildman–Crippen MR) is 62.4 cm³/mol. The smallest absolute Gasteiger partial charge is 0.335 e. The number of benzene rings is 1. The molecule has 0 aliphatic carbocycles. The lowest BCUT2D eigenvalue weighted by atomic mass is 10.1. The molecule has 92 valence electrons. The third-order valence-corrected chi connectivity index (χ3v) is 4.13. The number of hydrogen-bond acceptors (Lipinski definition) is 3. The molecule has 0 unspecified atom stereocenters. The number of carboxylic acid groups (broad SMARTS) is 1. The van der Waals surface area contributed by atoms with Crippen LogP contribution >= 0.6 is 0 Å². The molecule has 1 aliphatic rings. The highest BCUT2D eigenvalue weighted by Gasteiger charge is 2.28. The van der Waals surface area contributed by atoms with Gasteiger partial charge in [-0.1, -0.05) is 0 Å². The monoisotopic (exact) mass is 256 g/mol. The summed E-state index contributed by atoms with van der Waals surface area (Å²) in [5.74, 6) is -1.03. The van der Waals surface area contributed by atoms with E-state index in [4.69, 9.17) is 5.11 Å². The number of nitrogens with one attached hydrogen (secondary N) is 1. The largest absolute Gasteiger partial charge is 0.478 e. The van der Waals surface area contributed by atoms with Gasteiger partial charge in [-0.3, -0.25) is 4.31 Å². The van der Waals surface area contributed by atoms with Gasteiger partial charge in [0.2, 0.25) is 0 Å². The van der Waals surface area contributed by atoms with Crippen LogP contribution in [0.5, 0.6) is 0 Å². The van der Waals surface area contributed by atoms with Crippen LogP contribution < -0.4 is 9.03 Å². The van der Waals surface area contributed by atoms with Crippen LogP contribution in [0.2, 0.25) is 0 Å². The molecular weight excluding hydrogens is 244 g/mol. The first-order valence-electron chi connectivity index (χ1n) is 5.03. The van der Waals surface area contributed by atoms with Gasteiger partial charge in [-0.05, 0) is 30.7 Å². The highest BCUT2D eigenvalue weighted by atomic mass is 32.2. The van der Waals surface area contributed by atoms with Crippen LogP contribution in [0, 0.1) is 6.92 Å². The zero-order valence-electron chi connectivity index (χ0n) is 9.17. The van der Waals surface area contributed by atoms with Crippen molar-refractivity contribution in [2.45, 2.75) is 6.92 Å². The fourth-order valence-electron chi connectivity index (χ4n) is 1.79. The Hall–Kier alpha value is -1.60. The maximum absolute atomic E-state index is 11.6. The van der Waals surface area contributed by atoms with E-state index in [0.29, 0.717) is 24.3 Å². The van der Waals surface area contributed by atoms with Crippen molar-refractivity contribution < 1.29 is 18.3 Å². The molecule has 1 heterocycles. The minimum atomic E-state index is -3.46. The summed E-state index contributed by atoms with van der Waals surface area (Å²) < 4.78 is 26.9. The second kappa shape index (κ2) is 4.01. The van der Waals surface area contributed by atoms with Gasteiger partial charge >= 0.3 is 16.2 Å². The molecule has 0 aromatic heterocycles. The van der Waals surface area contributed by atoms with E-state index >= 15 is 0 Å². The van der Waals surface area contributed by atoms with Crippen molar-refractivity contribution in [3.05, 3.63) is 29.3 Å². The standard InChI is InChI=1S/C10H12N2O4S/c1-7-6-8(10(13)14)2-3-9(7)12-5-4-11-17(12,15)16/h2-3,6,11H,4-5H2,1H3,(H,13,14). The Balaban J connectivity index is 2.44. The molecule has 1 fully saturated rings. The van der Waals surface area contributed by atoms with Gasteiger partial charge in [0.15, 0.2) is 0 Å². The molecular formula is C10H12N2O4S. The third kappa shape index (κ3) is 2.11. The van der Waals surface area contributed by atoms with Gasteiger partial charge in [0.05, 0.1) is 11.3 Å². The van der Waals surface area contributed by atoms with Crippen molar-refractivity contribution in [3.63, 3.8) is 0 Å². The minimum Gasteiger partial charge on any atom is -0.478 e. The number of rotatable bonds is 2. The Bertz CT molecular complexity index is 568. The molecule has 1 aliphatic heterocycles. The molecule has 2 N–H and O–H groups in total. The second-order valence-electron chi connectivity index (χ2n) is 3.78. The lowest BCUT2D eigenvalue weighted by molar-refractivity contribution is 0.0697. The van der Waals surface area contributed by atoms with Crippen molar-refractivity contribution in [1.29, 1.82) is 0 Å². The van der Waals surface area contributed by atoms with Crippen molar-refractivity contribution in [1.82, 2.24) is 4.72 Å². The van der Waals surface area contributed by atoms with Crippen LogP contribution in [-0.2, 0) is 10.2 Å². The van der Waals surface area contributed by atoms with Gasteiger partial charge in [-0.25, -0.2) is 4.79 Å². The minimum absolute atomic E-state index is 0.149. The third-order valence-electron chi connectivity index (χ3n) is 2.60. The highest BCUT2D eigenvalue weighted by molar-refractivity contribution is 7.91. The number of hydrogen-bond donors (Lipinski definition) is 2. The van der Waals surface area contributed by atoms with Crippen molar-refractivity contribution in [2.24, 2.45) is 0 Å². The van der Waals surface area contributed by atoms with E-state index in [-0.39, 0.29) is 5.56 Å². The first kappa shape index (κ1) is 11.9. The zero-order valence-corrected chi connectivity index (χ0v) is 9.99. The first-order valence-corrected chi connectivity index (χ1v) is 6.47. The Labute approximate surface area is 99.0 Å². The SMILES string of the molecule is Cc1cc(C(=O)O)ccc1N1CCNS1(=O)=O. The van der Waals surface area contributed by atoms with E-state index in [1.807, 2.05) is 0 Å². The summed E-state index contributed by atoms with van der Waals surface area (Å²) in [5, 5.41) is 8.82. The van der Waals surface area contributed by atoms with E-state index in [9.17, 15) is 13.2 Å². The maximum Gasteiger partial charge on any atom is 0.335 e. The Morgan fingerprint density at radius 2 is 2.18 bits per heavy atom. The molecule has 17 heavy (non-hydrogen) atoms. The first-order chi connectivity index (χ1) is 7.92. The van der Waals surface area contributed by atoms with Crippen molar-refractivity contribution in [2.75, 3.05) is 17.4 Å². The highest BCUT2D eigenvalue weighted by Crippen LogP contribution is 2.25. The molecule has 2 rings (SSSR count). The van der Waals surface area contributed by atoms with E-state index in [2.05, 4.69) is 4.72 Å². The summed E-state index contributed by atoms with van der Waals surface area (Å²) in [6.07, 6.45) is 0. The molecule has 1 aromatic rings. The van der Waals surface area contributed by atoms with Crippen LogP contribution in [0.1, 0.15) is 15.9 Å². The lowest BCUT2D eigenvalue weighted by Gasteiger charge is -2.18. The fourth-order valence-corrected chi connectivity index (χ4v) is 3.09. The van der Waals surface area contributed by atoms with E-state index in [1.165, 1.54) is 22.5 Å². The number of nitrogens with zero attached hydrogens (tertiary/aromatic N) is 1. The van der Waals surface area contributed by atoms with Gasteiger partial charge in [0.25, 0.3) is 0 Å². The molecule has 7 heteroatoms. The number of aryl methyl sites for hydroxylation is 1. The second-order valence-corrected chi connectivity index (χ2v) is 5.46. The van der Waals surface area contributed by atoms with E-state index in [1.54, 1.807) is 6.92 Å². The topological polar surface area (TPSA) is 86.7 Å². The summed E-state index contributed by atoms with van der Waals surface area (Å²) >= 11 is 0. The predicted octanol–water partition coefficient (Wildman–Crippen LogP) is 0.348. The Morgan fingerprint density at radius 3 is 2.65 bits per heavy atom. The molecule has 1 saturated heterocycles. The summed E-state index contributed by atoms with van der Waals surface area (Å²) in [6, 6.07) is 4.38. The fraction of sp³-hybridized carbons (Fsp3) is 0.300. The maximum atomic E-state index is 11.6. The van der Waals surface area contributed by atoms with Crippen LogP contribution in [0.15, 0.2) is 18.2 Å². The quantitative estimate of drug-likeness (QED) is 0.799. The van der Waals surface area contributed by atoms with Gasteiger partial charge in [0.1, 0.15) is 0 Å². The number of carboxylic acids is 1. The van der Waals surface area contributed by atoms with Crippen LogP contribution in [-0.4, -0.2) is 32.6 Å². The normalized spacial score (nSPS) is 18.3.